The van der Waals surface area contributed by atoms with Crippen molar-refractivity contribution in [2.24, 2.45) is 11.8 Å². The average Bonchev–Trinajstić information content (AvgIpc) is 3.27. The first-order chi connectivity index (χ1) is 14.1. The fourth-order valence-electron chi connectivity index (χ4n) is 7.05. The number of hydrogen-bond acceptors (Lipinski definition) is 0. The number of hydrogen-bond donors (Lipinski definition) is 0. The van der Waals surface area contributed by atoms with Crippen LogP contribution in [0.1, 0.15) is 56.4 Å². The van der Waals surface area contributed by atoms with Crippen LogP contribution in [-0.2, 0) is 23.8 Å². The summed E-state index contributed by atoms with van der Waals surface area (Å²) in [7, 11) is 0. The Morgan fingerprint density at radius 3 is 2.09 bits per heavy atom. The molecule has 0 aromatic heterocycles. The molecule has 2 aromatic carbocycles. The fourth-order valence-corrected chi connectivity index (χ4v) is 39.7. The van der Waals surface area contributed by atoms with Crippen LogP contribution in [0.15, 0.2) is 51.8 Å². The molecule has 2 aliphatic rings. The van der Waals surface area contributed by atoms with E-state index >= 15 is 0 Å². The van der Waals surface area contributed by atoms with Crippen LogP contribution in [0.25, 0.3) is 11.1 Å². The van der Waals surface area contributed by atoms with Crippen molar-refractivity contribution in [3.05, 3.63) is 74.1 Å². The average molecular weight is 567 g/mol. The van der Waals surface area contributed by atoms with Gasteiger partial charge in [0.05, 0.1) is 0 Å². The van der Waals surface area contributed by atoms with Gasteiger partial charge in [0.1, 0.15) is 0 Å². The number of fused-ring (bicyclic) bond motifs is 3. The summed E-state index contributed by atoms with van der Waals surface area (Å²) in [6.45, 7) is 17.0. The van der Waals surface area contributed by atoms with E-state index in [0.717, 1.165) is 18.3 Å². The molecule has 0 heterocycles. The minimum atomic E-state index is -3.50. The smallest absolute Gasteiger partial charge is 0.147 e. The maximum Gasteiger partial charge on any atom is -0.147 e. The first kappa shape index (κ1) is 27.8. The summed E-state index contributed by atoms with van der Waals surface area (Å²) in [5.74, 6) is 1.46. The second-order valence-corrected chi connectivity index (χ2v) is 35.5. The molecule has 0 saturated carbocycles. The third-order valence-corrected chi connectivity index (χ3v) is 34.5. The van der Waals surface area contributed by atoms with Crippen LogP contribution in [0, 0.1) is 25.7 Å². The molecule has 0 fully saturated rings. The number of benzene rings is 2. The number of rotatable bonds is 6. The topological polar surface area (TPSA) is 0 Å². The van der Waals surface area contributed by atoms with Crippen molar-refractivity contribution in [1.82, 2.24) is 0 Å². The van der Waals surface area contributed by atoms with Gasteiger partial charge < -0.3 is 0 Å². The predicted molar refractivity (Wildman–Crippen MR) is 148 cm³/mol. The SMILES string of the molecule is Cc1ccc2c(c1)Cc1c-2ccc(C)[c]1[Zr](=[SiH2])([CH2]C(C)C)([CH2]C(C)C)[C]1=CC=CC1.Cl.Cl. The summed E-state index contributed by atoms with van der Waals surface area (Å²) in [5, 5.41) is 0. The van der Waals surface area contributed by atoms with Gasteiger partial charge in [-0.2, -0.15) is 0 Å². The van der Waals surface area contributed by atoms with Gasteiger partial charge in [-0.1, -0.05) is 0 Å². The molecule has 0 unspecified atom stereocenters. The maximum atomic E-state index is 2.54. The summed E-state index contributed by atoms with van der Waals surface area (Å²) in [5.41, 5.74) is 9.18. The summed E-state index contributed by atoms with van der Waals surface area (Å²) in [6, 6.07) is 12.0. The van der Waals surface area contributed by atoms with Crippen molar-refractivity contribution in [1.29, 1.82) is 0 Å². The molecule has 2 aliphatic carbocycles. The summed E-state index contributed by atoms with van der Waals surface area (Å²) < 4.78 is 6.51. The van der Waals surface area contributed by atoms with Gasteiger partial charge in [0.15, 0.2) is 0 Å². The zero-order valence-corrected chi connectivity index (χ0v) is 26.1. The predicted octanol–water partition coefficient (Wildman–Crippen LogP) is 7.57. The Balaban J connectivity index is 0.00000181. The van der Waals surface area contributed by atoms with Gasteiger partial charge in [-0.25, -0.2) is 0 Å². The van der Waals surface area contributed by atoms with Gasteiger partial charge in [0.25, 0.3) is 0 Å². The molecular formula is C28H40Cl2SiZr. The van der Waals surface area contributed by atoms with E-state index in [9.17, 15) is 0 Å². The molecule has 0 saturated heterocycles. The van der Waals surface area contributed by atoms with Crippen molar-refractivity contribution >= 4 is 35.0 Å². The van der Waals surface area contributed by atoms with Crippen molar-refractivity contribution < 1.29 is 17.4 Å². The number of aryl methyl sites for hydroxylation is 2. The largest absolute Gasteiger partial charge is 0.147 e. The van der Waals surface area contributed by atoms with Crippen molar-refractivity contribution in [2.45, 2.75) is 62.6 Å². The fraction of sp³-hybridized carbons (Fsp3) is 0.429. The Bertz CT molecular complexity index is 1120. The van der Waals surface area contributed by atoms with Crippen molar-refractivity contribution in [3.8, 4) is 11.1 Å². The van der Waals surface area contributed by atoms with Crippen molar-refractivity contribution in [2.75, 3.05) is 0 Å². The number of allylic oxidation sites excluding steroid dienone is 4. The third kappa shape index (κ3) is 4.59. The minimum Gasteiger partial charge on any atom is -0.147 e. The monoisotopic (exact) mass is 564 g/mol. The van der Waals surface area contributed by atoms with E-state index in [2.05, 4.69) is 97.0 Å². The van der Waals surface area contributed by atoms with Gasteiger partial charge in [-0.3, -0.25) is 0 Å². The van der Waals surface area contributed by atoms with Crippen LogP contribution < -0.4 is 3.27 Å². The van der Waals surface area contributed by atoms with E-state index in [1.807, 2.05) is 6.55 Å². The summed E-state index contributed by atoms with van der Waals surface area (Å²) >= 11 is -3.50. The quantitative estimate of drug-likeness (QED) is 0.270. The molecule has 32 heavy (non-hydrogen) atoms. The zero-order chi connectivity index (χ0) is 21.7. The van der Waals surface area contributed by atoms with E-state index in [0.29, 0.717) is 0 Å². The molecule has 0 spiro atoms. The normalized spacial score (nSPS) is 14.7. The first-order valence-corrected chi connectivity index (χ1v) is 23.6. The number of halogens is 2. The third-order valence-electron chi connectivity index (χ3n) is 7.51. The van der Waals surface area contributed by atoms with E-state index < -0.39 is 17.4 Å². The van der Waals surface area contributed by atoms with E-state index in [4.69, 9.17) is 0 Å². The molecule has 174 valence electrons. The second-order valence-electron chi connectivity index (χ2n) is 11.1. The van der Waals surface area contributed by atoms with Gasteiger partial charge >= 0.3 is 187 Å². The molecule has 0 N–H and O–H groups in total. The van der Waals surface area contributed by atoms with E-state index in [-0.39, 0.29) is 24.8 Å². The van der Waals surface area contributed by atoms with E-state index in [1.165, 1.54) is 36.9 Å². The molecule has 0 aliphatic heterocycles. The minimum absolute atomic E-state index is 0. The Kier molecular flexibility index (Phi) is 8.76. The van der Waals surface area contributed by atoms with E-state index in [1.54, 1.807) is 11.1 Å². The standard InChI is InChI=1S/C15H13.C5H5.2C4H9.2ClH.H2Si.Zr/c1-10-3-5-14-12(7-10)9-13-8-11(2)4-6-15(13)14;1-2-4-5-3-1;2*1-4(2)3;;;;/h3-7H,9H2,1-2H3;1-3H,4H2;2*4H,1H2,2-3H3;2*1H;1H2;. The Morgan fingerprint density at radius 2 is 1.53 bits per heavy atom. The van der Waals surface area contributed by atoms with Crippen LogP contribution in [-0.4, -0.2) is 6.88 Å². The Hall–Kier alpha value is -0.400. The molecule has 4 heteroatoms. The molecule has 0 amide bonds. The first-order valence-electron chi connectivity index (χ1n) is 11.8. The molecule has 0 atom stereocenters. The van der Waals surface area contributed by atoms with Crippen LogP contribution in [0.2, 0.25) is 8.26 Å². The van der Waals surface area contributed by atoms with Gasteiger partial charge in [0.2, 0.25) is 0 Å². The maximum absolute atomic E-state index is 3.50. The van der Waals surface area contributed by atoms with Gasteiger partial charge in [0, 0.05) is 0 Å². The second kappa shape index (κ2) is 10.1. The molecular weight excluding hydrogens is 527 g/mol. The van der Waals surface area contributed by atoms with Crippen LogP contribution in [0.3, 0.4) is 0 Å². The Labute approximate surface area is 210 Å². The molecule has 2 aromatic rings. The van der Waals surface area contributed by atoms with Crippen molar-refractivity contribution in [3.63, 3.8) is 0 Å². The van der Waals surface area contributed by atoms with Crippen LogP contribution >= 0.6 is 24.8 Å². The molecule has 4 rings (SSSR count). The van der Waals surface area contributed by atoms with Gasteiger partial charge in [-0.15, -0.1) is 24.8 Å². The molecule has 0 bridgehead atoms. The molecule has 0 radical (unpaired) electrons. The Morgan fingerprint density at radius 1 is 0.906 bits per heavy atom. The summed E-state index contributed by atoms with van der Waals surface area (Å²) in [4.78, 5) is 0. The van der Waals surface area contributed by atoms with Crippen LogP contribution in [0.4, 0.5) is 0 Å². The zero-order valence-electron chi connectivity index (χ0n) is 20.6. The molecule has 0 nitrogen and oxygen atoms in total. The van der Waals surface area contributed by atoms with Crippen LogP contribution in [0.5, 0.6) is 0 Å². The summed E-state index contributed by atoms with van der Waals surface area (Å²) in [6.07, 6.45) is 9.60. The van der Waals surface area contributed by atoms with Gasteiger partial charge in [-0.05, 0) is 0 Å².